The Balaban J connectivity index is 0.00000225. The van der Waals surface area contributed by atoms with Gasteiger partial charge in [-0.2, -0.15) is 0 Å². The van der Waals surface area contributed by atoms with E-state index in [1.807, 2.05) is 0 Å². The highest BCUT2D eigenvalue weighted by atomic mass is 35.5. The Labute approximate surface area is 150 Å². The van der Waals surface area contributed by atoms with Gasteiger partial charge in [-0.15, -0.1) is 12.4 Å². The lowest BCUT2D eigenvalue weighted by atomic mass is 10.1. The van der Waals surface area contributed by atoms with E-state index in [9.17, 15) is 14.4 Å². The molecule has 1 heterocycles. The molecule has 8 heteroatoms. The van der Waals surface area contributed by atoms with Gasteiger partial charge >= 0.3 is 0 Å². The molecule has 2 amide bonds. The first-order valence-electron chi connectivity index (χ1n) is 7.98. The van der Waals surface area contributed by atoms with Gasteiger partial charge in [-0.1, -0.05) is 12.1 Å². The third kappa shape index (κ3) is 4.37. The summed E-state index contributed by atoms with van der Waals surface area (Å²) >= 11 is 0. The maximum absolute atomic E-state index is 12.3. The van der Waals surface area contributed by atoms with Crippen LogP contribution in [0.5, 0.6) is 0 Å². The monoisotopic (exact) mass is 364 g/mol. The molecule has 0 radical (unpaired) electrons. The number of nitrogens with one attached hydrogen (secondary N) is 3. The van der Waals surface area contributed by atoms with Gasteiger partial charge in [-0.25, -0.2) is 0 Å². The minimum Gasteiger partial charge on any atom is -0.360 e. The lowest BCUT2D eigenvalue weighted by molar-refractivity contribution is -0.120. The second-order valence-corrected chi connectivity index (χ2v) is 6.01. The largest absolute Gasteiger partial charge is 0.360 e. The molecule has 1 aliphatic carbocycles. The number of aromatic amines is 1. The van der Waals surface area contributed by atoms with Gasteiger partial charge in [-0.3, -0.25) is 14.4 Å². The number of carbonyl (C=O) groups excluding carboxylic acids is 2. The van der Waals surface area contributed by atoms with Crippen LogP contribution in [-0.2, 0) is 4.79 Å². The van der Waals surface area contributed by atoms with E-state index in [-0.39, 0.29) is 41.9 Å². The Bertz CT molecular complexity index is 832. The summed E-state index contributed by atoms with van der Waals surface area (Å²) in [6.07, 6.45) is 3.51. The van der Waals surface area contributed by atoms with Crippen molar-refractivity contribution in [3.63, 3.8) is 0 Å². The summed E-state index contributed by atoms with van der Waals surface area (Å²) in [5.74, 6) is -0.436. The summed E-state index contributed by atoms with van der Waals surface area (Å²) in [5.41, 5.74) is 5.92. The molecule has 0 saturated heterocycles. The van der Waals surface area contributed by atoms with Crippen molar-refractivity contribution < 1.29 is 9.59 Å². The number of hydrogen-bond acceptors (Lipinski definition) is 4. The smallest absolute Gasteiger partial charge is 0.257 e. The third-order valence-electron chi connectivity index (χ3n) is 4.23. The highest BCUT2D eigenvalue weighted by Crippen LogP contribution is 2.32. The molecule has 2 aromatic rings. The van der Waals surface area contributed by atoms with E-state index in [0.29, 0.717) is 23.4 Å². The van der Waals surface area contributed by atoms with Gasteiger partial charge in [0.2, 0.25) is 11.3 Å². The molecule has 1 saturated carbocycles. The van der Waals surface area contributed by atoms with E-state index in [4.69, 9.17) is 5.73 Å². The minimum atomic E-state index is -0.576. The number of aromatic nitrogens is 1. The Kier molecular flexibility index (Phi) is 6.17. The fourth-order valence-electron chi connectivity index (χ4n) is 2.72. The lowest BCUT2D eigenvalue weighted by Gasteiger charge is -2.16. The molecule has 0 spiro atoms. The lowest BCUT2D eigenvalue weighted by Crippen LogP contribution is -2.46. The zero-order chi connectivity index (χ0) is 17.1. The summed E-state index contributed by atoms with van der Waals surface area (Å²) in [7, 11) is 0. The van der Waals surface area contributed by atoms with Crippen LogP contribution in [0, 0.1) is 5.92 Å². The zero-order valence-electron chi connectivity index (χ0n) is 13.6. The van der Waals surface area contributed by atoms with Gasteiger partial charge in [0.25, 0.3) is 5.91 Å². The highest BCUT2D eigenvalue weighted by molar-refractivity contribution is 5.98. The van der Waals surface area contributed by atoms with E-state index >= 15 is 0 Å². The number of benzene rings is 1. The molecule has 1 aromatic heterocycles. The van der Waals surface area contributed by atoms with Crippen LogP contribution in [0.25, 0.3) is 10.9 Å². The van der Waals surface area contributed by atoms with Gasteiger partial charge in [0, 0.05) is 29.7 Å². The molecular formula is C17H21ClN4O3. The van der Waals surface area contributed by atoms with Crippen LogP contribution in [0.2, 0.25) is 0 Å². The number of fused-ring (bicyclic) bond motifs is 1. The summed E-state index contributed by atoms with van der Waals surface area (Å²) < 4.78 is 0. The molecule has 1 atom stereocenters. The fraction of sp³-hybridized carbons (Fsp3) is 0.353. The summed E-state index contributed by atoms with van der Waals surface area (Å²) in [6, 6.07) is 6.90. The first-order valence-corrected chi connectivity index (χ1v) is 7.98. The Hall–Kier alpha value is -2.38. The molecule has 0 bridgehead atoms. The number of amides is 2. The Morgan fingerprint density at radius 1 is 1.28 bits per heavy atom. The molecule has 7 nitrogen and oxygen atoms in total. The summed E-state index contributed by atoms with van der Waals surface area (Å²) in [5, 5.41) is 5.73. The van der Waals surface area contributed by atoms with Crippen LogP contribution in [0.15, 0.2) is 35.3 Å². The number of hydrogen-bond donors (Lipinski definition) is 4. The first-order chi connectivity index (χ1) is 11.6. The summed E-state index contributed by atoms with van der Waals surface area (Å²) in [4.78, 5) is 39.3. The number of para-hydroxylation sites is 1. The van der Waals surface area contributed by atoms with Crippen molar-refractivity contribution in [3.8, 4) is 0 Å². The van der Waals surface area contributed by atoms with Crippen LogP contribution >= 0.6 is 12.4 Å². The quantitative estimate of drug-likeness (QED) is 0.598. The maximum atomic E-state index is 12.3. The van der Waals surface area contributed by atoms with Gasteiger partial charge in [-0.05, 0) is 30.9 Å². The van der Waals surface area contributed by atoms with Crippen LogP contribution in [-0.4, -0.2) is 35.9 Å². The summed E-state index contributed by atoms with van der Waals surface area (Å²) in [6.45, 7) is 0.197. The topological polar surface area (TPSA) is 117 Å². The molecular weight excluding hydrogens is 344 g/mol. The molecule has 0 aliphatic heterocycles. The van der Waals surface area contributed by atoms with Crippen LogP contribution in [0.3, 0.4) is 0 Å². The van der Waals surface area contributed by atoms with E-state index < -0.39 is 5.91 Å². The van der Waals surface area contributed by atoms with Crippen molar-refractivity contribution in [1.29, 1.82) is 0 Å². The molecule has 1 unspecified atom stereocenters. The Morgan fingerprint density at radius 2 is 2.00 bits per heavy atom. The van der Waals surface area contributed by atoms with Crippen molar-refractivity contribution in [1.82, 2.24) is 15.6 Å². The number of rotatable bonds is 6. The molecule has 3 rings (SSSR count). The Morgan fingerprint density at radius 3 is 2.68 bits per heavy atom. The molecule has 5 N–H and O–H groups in total. The molecule has 1 aromatic carbocycles. The van der Waals surface area contributed by atoms with Crippen molar-refractivity contribution in [2.75, 3.05) is 13.1 Å². The maximum Gasteiger partial charge on any atom is 0.257 e. The average Bonchev–Trinajstić information content (AvgIpc) is 3.43. The normalized spacial score (nSPS) is 14.4. The van der Waals surface area contributed by atoms with Crippen molar-refractivity contribution in [2.45, 2.75) is 18.9 Å². The second-order valence-electron chi connectivity index (χ2n) is 6.01. The van der Waals surface area contributed by atoms with Gasteiger partial charge in [0.05, 0.1) is 6.54 Å². The highest BCUT2D eigenvalue weighted by Gasteiger charge is 2.31. The van der Waals surface area contributed by atoms with Crippen molar-refractivity contribution in [3.05, 3.63) is 46.2 Å². The number of H-pyrrole nitrogens is 1. The van der Waals surface area contributed by atoms with Gasteiger partial charge in [0.1, 0.15) is 5.56 Å². The minimum absolute atomic E-state index is 0. The average molecular weight is 365 g/mol. The SMILES string of the molecule is Cl.NCC(NC(=O)CNC(=O)c1c[nH]c2ccccc2c1=O)C1CC1. The van der Waals surface area contributed by atoms with E-state index in [1.165, 1.54) is 6.20 Å². The van der Waals surface area contributed by atoms with Gasteiger partial charge in [0.15, 0.2) is 0 Å². The van der Waals surface area contributed by atoms with Crippen LogP contribution in [0.1, 0.15) is 23.2 Å². The molecule has 1 aliphatic rings. The van der Waals surface area contributed by atoms with E-state index in [1.54, 1.807) is 24.3 Å². The van der Waals surface area contributed by atoms with Crippen LogP contribution < -0.4 is 21.8 Å². The zero-order valence-corrected chi connectivity index (χ0v) is 14.4. The predicted octanol–water partition coefficient (Wildman–Crippen LogP) is 0.533. The van der Waals surface area contributed by atoms with E-state index in [0.717, 1.165) is 12.8 Å². The van der Waals surface area contributed by atoms with Crippen LogP contribution in [0.4, 0.5) is 0 Å². The number of carbonyl (C=O) groups is 2. The standard InChI is InChI=1S/C17H20N4O3.ClH/c18-7-14(10-5-6-10)21-15(22)9-20-17(24)12-8-19-13-4-2-1-3-11(13)16(12)23;/h1-4,8,10,14H,5-7,9,18H2,(H,19,23)(H,20,24)(H,21,22);1H. The van der Waals surface area contributed by atoms with E-state index in [2.05, 4.69) is 15.6 Å². The second kappa shape index (κ2) is 8.13. The molecule has 1 fully saturated rings. The molecule has 25 heavy (non-hydrogen) atoms. The predicted molar refractivity (Wildman–Crippen MR) is 97.9 cm³/mol. The van der Waals surface area contributed by atoms with Crippen molar-refractivity contribution in [2.24, 2.45) is 11.7 Å². The number of pyridine rings is 1. The molecule has 134 valence electrons. The third-order valence-corrected chi connectivity index (χ3v) is 4.23. The van der Waals surface area contributed by atoms with Gasteiger partial charge < -0.3 is 21.4 Å². The number of nitrogens with two attached hydrogens (primary N) is 1. The van der Waals surface area contributed by atoms with Crippen molar-refractivity contribution >= 4 is 35.1 Å². The first kappa shape index (κ1) is 19.0. The number of halogens is 1. The fourth-order valence-corrected chi connectivity index (χ4v) is 2.72.